The highest BCUT2D eigenvalue weighted by atomic mass is 19.4. The van der Waals surface area contributed by atoms with Gasteiger partial charge < -0.3 is 9.47 Å². The summed E-state index contributed by atoms with van der Waals surface area (Å²) in [7, 11) is 0. The van der Waals surface area contributed by atoms with Crippen LogP contribution in [0.3, 0.4) is 0 Å². The smallest absolute Gasteiger partial charge is 0.339 e. The lowest BCUT2D eigenvalue weighted by molar-refractivity contribution is -0.138. The van der Waals surface area contributed by atoms with Crippen LogP contribution in [0.15, 0.2) is 73.1 Å². The molecule has 0 spiro atoms. The number of hydrogen-bond acceptors (Lipinski definition) is 4. The molecule has 1 amide bonds. The van der Waals surface area contributed by atoms with E-state index in [4.69, 9.17) is 4.98 Å². The van der Waals surface area contributed by atoms with Gasteiger partial charge in [0, 0.05) is 43.6 Å². The highest BCUT2D eigenvalue weighted by Crippen LogP contribution is 2.45. The van der Waals surface area contributed by atoms with Gasteiger partial charge in [-0.3, -0.25) is 14.7 Å². The lowest BCUT2D eigenvalue weighted by Gasteiger charge is -2.45. The molecule has 2 aromatic carbocycles. The maximum absolute atomic E-state index is 13.7. The average molecular weight is 602 g/mol. The molecule has 2 unspecified atom stereocenters. The van der Waals surface area contributed by atoms with Crippen molar-refractivity contribution in [3.05, 3.63) is 95.6 Å². The number of rotatable bonds is 6. The molecule has 3 atom stereocenters. The average Bonchev–Trinajstić information content (AvgIpc) is 3.50. The highest BCUT2D eigenvalue weighted by molar-refractivity contribution is 5.95. The Morgan fingerprint density at radius 1 is 0.932 bits per heavy atom. The van der Waals surface area contributed by atoms with E-state index in [9.17, 15) is 18.0 Å². The molecule has 2 aromatic heterocycles. The van der Waals surface area contributed by atoms with E-state index in [0.717, 1.165) is 68.5 Å². The monoisotopic (exact) mass is 601 g/mol. The number of fused-ring (bicyclic) bond motifs is 3. The minimum absolute atomic E-state index is 0.132. The molecule has 0 N–H and O–H groups in total. The lowest BCUT2D eigenvalue weighted by atomic mass is 9.70. The van der Waals surface area contributed by atoms with E-state index in [0.29, 0.717) is 31.2 Å². The molecule has 0 saturated carbocycles. The Bertz CT molecular complexity index is 1630. The van der Waals surface area contributed by atoms with Crippen LogP contribution in [0.1, 0.15) is 78.3 Å². The summed E-state index contributed by atoms with van der Waals surface area (Å²) in [5.41, 5.74) is 2.12. The van der Waals surface area contributed by atoms with Crippen LogP contribution >= 0.6 is 0 Å². The van der Waals surface area contributed by atoms with E-state index in [1.807, 2.05) is 12.1 Å². The fourth-order valence-electron chi connectivity index (χ4n) is 8.39. The van der Waals surface area contributed by atoms with Gasteiger partial charge in [0.05, 0.1) is 22.2 Å². The first-order chi connectivity index (χ1) is 21.2. The van der Waals surface area contributed by atoms with Gasteiger partial charge >= 0.3 is 6.18 Å². The number of piperidine rings is 2. The predicted octanol–water partition coefficient (Wildman–Crippen LogP) is 7.19. The third-order valence-corrected chi connectivity index (χ3v) is 10.6. The maximum atomic E-state index is 13.7. The van der Waals surface area contributed by atoms with Crippen LogP contribution in [-0.2, 0) is 11.6 Å². The van der Waals surface area contributed by atoms with Gasteiger partial charge in [0.2, 0.25) is 0 Å². The Morgan fingerprint density at radius 2 is 1.61 bits per heavy atom. The minimum Gasteiger partial charge on any atom is -0.339 e. The molecule has 9 heteroatoms. The van der Waals surface area contributed by atoms with E-state index in [1.54, 1.807) is 4.90 Å². The molecule has 230 valence electrons. The van der Waals surface area contributed by atoms with Crippen molar-refractivity contribution >= 4 is 16.9 Å². The lowest BCUT2D eigenvalue weighted by Crippen LogP contribution is -2.49. The van der Waals surface area contributed by atoms with E-state index >= 15 is 0 Å². The number of carbonyl (C=O) groups is 1. The molecule has 5 heterocycles. The number of carbonyl (C=O) groups excluding carboxylic acids is 1. The molecule has 6 nitrogen and oxygen atoms in total. The molecule has 7 rings (SSSR count). The van der Waals surface area contributed by atoms with Gasteiger partial charge in [0.15, 0.2) is 0 Å². The Morgan fingerprint density at radius 3 is 2.32 bits per heavy atom. The first kappa shape index (κ1) is 29.0. The van der Waals surface area contributed by atoms with Crippen LogP contribution in [0.25, 0.3) is 11.0 Å². The van der Waals surface area contributed by atoms with Gasteiger partial charge in [-0.2, -0.15) is 13.2 Å². The van der Waals surface area contributed by atoms with Crippen molar-refractivity contribution in [3.8, 4) is 0 Å². The molecule has 3 saturated heterocycles. The van der Waals surface area contributed by atoms with Crippen LogP contribution in [0.4, 0.5) is 13.2 Å². The fourth-order valence-corrected chi connectivity index (χ4v) is 8.39. The quantitative estimate of drug-likeness (QED) is 0.235. The molecule has 44 heavy (non-hydrogen) atoms. The Kier molecular flexibility index (Phi) is 7.47. The number of likely N-dealkylation sites (tertiary alicyclic amines) is 1. The Hall–Kier alpha value is -3.72. The number of para-hydroxylation sites is 2. The number of pyridine rings is 1. The number of aromatic nitrogens is 3. The number of alkyl halides is 3. The SMILES string of the molecule is Cc1nc2ccccc2n1C1CC2CC[C@H](C1)N2CCC1(c2ccccc2)CCN(C(=O)c2cnccc2C(F)(F)F)CC1. The number of aryl methyl sites for hydroxylation is 1. The topological polar surface area (TPSA) is 54.3 Å². The Balaban J connectivity index is 1.07. The largest absolute Gasteiger partial charge is 0.417 e. The number of imidazole rings is 1. The predicted molar refractivity (Wildman–Crippen MR) is 163 cm³/mol. The molecule has 2 bridgehead atoms. The van der Waals surface area contributed by atoms with Crippen LogP contribution in [0, 0.1) is 6.92 Å². The van der Waals surface area contributed by atoms with E-state index < -0.39 is 17.6 Å². The summed E-state index contributed by atoms with van der Waals surface area (Å²) < 4.78 is 43.4. The Labute approximate surface area is 255 Å². The zero-order chi connectivity index (χ0) is 30.5. The summed E-state index contributed by atoms with van der Waals surface area (Å²) in [5, 5.41) is 0. The number of nitrogens with zero attached hydrogens (tertiary/aromatic N) is 5. The first-order valence-electron chi connectivity index (χ1n) is 15.8. The third kappa shape index (κ3) is 5.19. The molecular formula is C35H38F3N5O. The second-order valence-electron chi connectivity index (χ2n) is 12.9. The van der Waals surface area contributed by atoms with E-state index in [1.165, 1.54) is 23.9 Å². The third-order valence-electron chi connectivity index (χ3n) is 10.6. The first-order valence-corrected chi connectivity index (χ1v) is 15.8. The van der Waals surface area contributed by atoms with E-state index in [2.05, 4.69) is 63.8 Å². The van der Waals surface area contributed by atoms with Gasteiger partial charge in [0.1, 0.15) is 5.82 Å². The fraction of sp³-hybridized carbons (Fsp3) is 0.457. The number of halogens is 3. The summed E-state index contributed by atoms with van der Waals surface area (Å²) in [6, 6.07) is 21.3. The molecule has 4 aromatic rings. The van der Waals surface area contributed by atoms with Crippen molar-refractivity contribution < 1.29 is 18.0 Å². The van der Waals surface area contributed by atoms with Gasteiger partial charge in [-0.1, -0.05) is 42.5 Å². The molecule has 3 aliphatic rings. The van der Waals surface area contributed by atoms with Gasteiger partial charge in [-0.05, 0) is 87.6 Å². The second kappa shape index (κ2) is 11.3. The normalized spacial score (nSPS) is 23.7. The van der Waals surface area contributed by atoms with Gasteiger partial charge in [-0.25, -0.2) is 4.98 Å². The molecule has 0 radical (unpaired) electrons. The van der Waals surface area contributed by atoms with Crippen molar-refractivity contribution in [1.82, 2.24) is 24.3 Å². The van der Waals surface area contributed by atoms with Crippen LogP contribution in [0.5, 0.6) is 0 Å². The molecule has 3 fully saturated rings. The molecule has 3 aliphatic heterocycles. The highest BCUT2D eigenvalue weighted by Gasteiger charge is 2.45. The summed E-state index contributed by atoms with van der Waals surface area (Å²) in [5.74, 6) is 0.497. The summed E-state index contributed by atoms with van der Waals surface area (Å²) >= 11 is 0. The van der Waals surface area contributed by atoms with Crippen molar-refractivity contribution in [1.29, 1.82) is 0 Å². The van der Waals surface area contributed by atoms with Crippen LogP contribution in [0.2, 0.25) is 0 Å². The van der Waals surface area contributed by atoms with Crippen LogP contribution in [-0.4, -0.2) is 62.0 Å². The number of amides is 1. The van der Waals surface area contributed by atoms with Crippen LogP contribution < -0.4 is 0 Å². The van der Waals surface area contributed by atoms with Gasteiger partial charge in [-0.15, -0.1) is 0 Å². The summed E-state index contributed by atoms with van der Waals surface area (Å²) in [6.07, 6.45) is 4.59. The zero-order valence-electron chi connectivity index (χ0n) is 25.0. The summed E-state index contributed by atoms with van der Waals surface area (Å²) in [4.78, 5) is 26.3. The van der Waals surface area contributed by atoms with Crippen molar-refractivity contribution in [2.45, 2.75) is 81.6 Å². The maximum Gasteiger partial charge on any atom is 0.417 e. The number of hydrogen-bond donors (Lipinski definition) is 0. The minimum atomic E-state index is -4.60. The van der Waals surface area contributed by atoms with Crippen molar-refractivity contribution in [2.24, 2.45) is 0 Å². The molecule has 0 aliphatic carbocycles. The van der Waals surface area contributed by atoms with Crippen molar-refractivity contribution in [3.63, 3.8) is 0 Å². The van der Waals surface area contributed by atoms with Gasteiger partial charge in [0.25, 0.3) is 5.91 Å². The van der Waals surface area contributed by atoms with E-state index in [-0.39, 0.29) is 11.0 Å². The van der Waals surface area contributed by atoms with Crippen molar-refractivity contribution in [2.75, 3.05) is 19.6 Å². The number of benzene rings is 2. The standard InChI is InChI=1S/C35H38F3N5O/c1-24-40-31-9-5-6-10-32(31)43(24)28-21-26-11-12-27(22-28)42(26)20-16-34(25-7-3-2-4-8-25)14-18-41(19-15-34)33(44)29-23-39-17-13-30(29)35(36,37)38/h2-10,13,17,23,26-28H,11-12,14-16,18-22H2,1H3/t26-,27?,28?/m1/s1. The summed E-state index contributed by atoms with van der Waals surface area (Å²) in [6.45, 7) is 3.94. The second-order valence-corrected chi connectivity index (χ2v) is 12.9. The zero-order valence-corrected chi connectivity index (χ0v) is 25.0. The molecular weight excluding hydrogens is 563 g/mol.